The molecule has 4 rings (SSSR count). The Kier molecular flexibility index (Phi) is 7.60. The van der Waals surface area contributed by atoms with Crippen molar-refractivity contribution in [3.05, 3.63) is 72.2 Å². The van der Waals surface area contributed by atoms with Gasteiger partial charge >= 0.3 is 0 Å². The number of benzene rings is 2. The lowest BCUT2D eigenvalue weighted by Crippen LogP contribution is -2.46. The predicted molar refractivity (Wildman–Crippen MR) is 131 cm³/mol. The first-order valence-corrected chi connectivity index (χ1v) is 11.6. The first kappa shape index (κ1) is 24.2. The molecule has 0 saturated heterocycles. The van der Waals surface area contributed by atoms with E-state index < -0.39 is 11.9 Å². The van der Waals surface area contributed by atoms with E-state index in [2.05, 4.69) is 5.32 Å². The first-order chi connectivity index (χ1) is 17.0. The molecule has 3 aromatic rings. The lowest BCUT2D eigenvalue weighted by Gasteiger charge is -2.32. The van der Waals surface area contributed by atoms with Crippen LogP contribution in [0, 0.1) is 0 Å². The summed E-state index contributed by atoms with van der Waals surface area (Å²) in [7, 11) is 4.64. The van der Waals surface area contributed by atoms with Crippen LogP contribution in [0.3, 0.4) is 0 Å². The Labute approximate surface area is 204 Å². The highest BCUT2D eigenvalue weighted by atomic mass is 16.5. The van der Waals surface area contributed by atoms with Crippen LogP contribution in [0.2, 0.25) is 0 Å². The second-order valence-corrected chi connectivity index (χ2v) is 8.36. The number of rotatable bonds is 9. The van der Waals surface area contributed by atoms with Crippen molar-refractivity contribution in [1.29, 1.82) is 0 Å². The largest absolute Gasteiger partial charge is 0.497 e. The van der Waals surface area contributed by atoms with E-state index in [1.807, 2.05) is 0 Å². The molecule has 0 radical (unpaired) electrons. The molecule has 2 aromatic carbocycles. The van der Waals surface area contributed by atoms with Gasteiger partial charge in [0.05, 0.1) is 27.6 Å². The second kappa shape index (κ2) is 11.0. The number of hydrogen-bond donors (Lipinski definition) is 1. The third-order valence-corrected chi connectivity index (χ3v) is 6.24. The fourth-order valence-electron chi connectivity index (χ4n) is 4.43. The van der Waals surface area contributed by atoms with Gasteiger partial charge in [-0.2, -0.15) is 0 Å². The fourth-order valence-corrected chi connectivity index (χ4v) is 4.43. The highest BCUT2D eigenvalue weighted by Crippen LogP contribution is 2.37. The van der Waals surface area contributed by atoms with E-state index in [9.17, 15) is 9.59 Å². The number of furan rings is 1. The average Bonchev–Trinajstić information content (AvgIpc) is 3.61. The molecular weight excluding hydrogens is 448 g/mol. The third kappa shape index (κ3) is 5.26. The topological polar surface area (TPSA) is 90.2 Å². The van der Waals surface area contributed by atoms with Crippen molar-refractivity contribution in [3.8, 4) is 17.2 Å². The summed E-state index contributed by atoms with van der Waals surface area (Å²) >= 11 is 0. The second-order valence-electron chi connectivity index (χ2n) is 8.36. The molecule has 0 spiro atoms. The monoisotopic (exact) mass is 478 g/mol. The van der Waals surface area contributed by atoms with Crippen LogP contribution >= 0.6 is 0 Å². The van der Waals surface area contributed by atoms with E-state index in [0.717, 1.165) is 25.7 Å². The van der Waals surface area contributed by atoms with Crippen LogP contribution in [0.1, 0.15) is 47.8 Å². The van der Waals surface area contributed by atoms with E-state index in [0.29, 0.717) is 28.5 Å². The molecule has 1 N–H and O–H groups in total. The predicted octanol–water partition coefficient (Wildman–Crippen LogP) is 4.75. The smallest absolute Gasteiger partial charge is 0.294 e. The Morgan fingerprint density at radius 1 is 0.943 bits per heavy atom. The Bertz CT molecular complexity index is 1140. The van der Waals surface area contributed by atoms with Crippen LogP contribution in [0.25, 0.3) is 0 Å². The van der Waals surface area contributed by atoms with Gasteiger partial charge in [0.15, 0.2) is 17.3 Å². The fraction of sp³-hybridized carbons (Fsp3) is 0.333. The standard InChI is InChI=1S/C27H30N2O6/c1-32-21-13-10-18(11-14-21)25(26(30)28-19-7-4-5-8-19)29(27(31)23-9-6-16-35-23)20-12-15-22(33-2)24(17-20)34-3/h6,9-17,19,25H,4-5,7-8H2,1-3H3,(H,28,30)/t25-/m1/s1. The van der Waals surface area contributed by atoms with Crippen molar-refractivity contribution < 1.29 is 28.2 Å². The molecule has 0 bridgehead atoms. The van der Waals surface area contributed by atoms with Crippen molar-refractivity contribution in [1.82, 2.24) is 5.32 Å². The molecule has 35 heavy (non-hydrogen) atoms. The SMILES string of the molecule is COc1ccc([C@H](C(=O)NC2CCCC2)N(C(=O)c2ccco2)c2ccc(OC)c(OC)c2)cc1. The average molecular weight is 479 g/mol. The van der Waals surface area contributed by atoms with Crippen molar-refractivity contribution in [3.63, 3.8) is 0 Å². The normalized spacial score (nSPS) is 14.3. The molecule has 1 atom stereocenters. The van der Waals surface area contributed by atoms with Crippen molar-refractivity contribution in [2.24, 2.45) is 0 Å². The third-order valence-electron chi connectivity index (χ3n) is 6.24. The van der Waals surface area contributed by atoms with Gasteiger partial charge in [0.25, 0.3) is 5.91 Å². The number of hydrogen-bond acceptors (Lipinski definition) is 6. The molecule has 1 heterocycles. The number of carbonyl (C=O) groups excluding carboxylic acids is 2. The molecule has 0 unspecified atom stereocenters. The number of methoxy groups -OCH3 is 3. The van der Waals surface area contributed by atoms with Crippen LogP contribution in [-0.2, 0) is 4.79 Å². The summed E-state index contributed by atoms with van der Waals surface area (Å²) in [6.45, 7) is 0. The maximum absolute atomic E-state index is 13.8. The number of nitrogens with one attached hydrogen (secondary N) is 1. The summed E-state index contributed by atoms with van der Waals surface area (Å²) in [5.74, 6) is 0.997. The van der Waals surface area contributed by atoms with E-state index in [4.69, 9.17) is 18.6 Å². The minimum absolute atomic E-state index is 0.0780. The van der Waals surface area contributed by atoms with E-state index in [1.54, 1.807) is 68.8 Å². The van der Waals surface area contributed by atoms with Gasteiger partial charge in [0.1, 0.15) is 11.8 Å². The summed E-state index contributed by atoms with van der Waals surface area (Å²) in [5.41, 5.74) is 1.10. The molecule has 1 aromatic heterocycles. The summed E-state index contributed by atoms with van der Waals surface area (Å²) in [5, 5.41) is 3.16. The van der Waals surface area contributed by atoms with Gasteiger partial charge in [0, 0.05) is 17.8 Å². The van der Waals surface area contributed by atoms with Crippen LogP contribution in [-0.4, -0.2) is 39.2 Å². The number of anilines is 1. The number of amides is 2. The Morgan fingerprint density at radius 2 is 1.66 bits per heavy atom. The summed E-state index contributed by atoms with van der Waals surface area (Å²) < 4.78 is 21.6. The minimum Gasteiger partial charge on any atom is -0.497 e. The van der Waals surface area contributed by atoms with Gasteiger partial charge < -0.3 is 23.9 Å². The Hall–Kier alpha value is -3.94. The Morgan fingerprint density at radius 3 is 2.26 bits per heavy atom. The molecular formula is C27H30N2O6. The number of carbonyl (C=O) groups is 2. The molecule has 0 aliphatic heterocycles. The van der Waals surface area contributed by atoms with Crippen LogP contribution in [0.4, 0.5) is 5.69 Å². The number of nitrogens with zero attached hydrogens (tertiary/aromatic N) is 1. The van der Waals surface area contributed by atoms with E-state index >= 15 is 0 Å². The zero-order valence-corrected chi connectivity index (χ0v) is 20.2. The lowest BCUT2D eigenvalue weighted by molar-refractivity contribution is -0.123. The zero-order valence-electron chi connectivity index (χ0n) is 20.2. The summed E-state index contributed by atoms with van der Waals surface area (Å²) in [6, 6.07) is 14.6. The molecule has 8 nitrogen and oxygen atoms in total. The van der Waals surface area contributed by atoms with Gasteiger partial charge in [-0.25, -0.2) is 0 Å². The van der Waals surface area contributed by atoms with E-state index in [1.165, 1.54) is 18.3 Å². The van der Waals surface area contributed by atoms with Crippen LogP contribution in [0.5, 0.6) is 17.2 Å². The van der Waals surface area contributed by atoms with Crippen molar-refractivity contribution >= 4 is 17.5 Å². The quantitative estimate of drug-likeness (QED) is 0.477. The maximum Gasteiger partial charge on any atom is 0.294 e. The molecule has 1 aliphatic carbocycles. The van der Waals surface area contributed by atoms with Gasteiger partial charge in [-0.05, 0) is 54.8 Å². The van der Waals surface area contributed by atoms with Crippen LogP contribution < -0.4 is 24.4 Å². The summed E-state index contributed by atoms with van der Waals surface area (Å²) in [4.78, 5) is 29.0. The first-order valence-electron chi connectivity index (χ1n) is 11.6. The van der Waals surface area contributed by atoms with Crippen molar-refractivity contribution in [2.45, 2.75) is 37.8 Å². The minimum atomic E-state index is -0.961. The molecule has 1 fully saturated rings. The molecule has 1 saturated carbocycles. The van der Waals surface area contributed by atoms with E-state index in [-0.39, 0.29) is 17.7 Å². The van der Waals surface area contributed by atoms with Gasteiger partial charge in [-0.15, -0.1) is 0 Å². The lowest BCUT2D eigenvalue weighted by atomic mass is 10.0. The highest BCUT2D eigenvalue weighted by molar-refractivity contribution is 6.08. The molecule has 1 aliphatic rings. The maximum atomic E-state index is 13.8. The van der Waals surface area contributed by atoms with Gasteiger partial charge in [0.2, 0.25) is 5.91 Å². The van der Waals surface area contributed by atoms with Crippen molar-refractivity contribution in [2.75, 3.05) is 26.2 Å². The molecule has 8 heteroatoms. The summed E-state index contributed by atoms with van der Waals surface area (Å²) in [6.07, 6.45) is 5.42. The van der Waals surface area contributed by atoms with Gasteiger partial charge in [-0.1, -0.05) is 25.0 Å². The van der Waals surface area contributed by atoms with Gasteiger partial charge in [-0.3, -0.25) is 14.5 Å². The molecule has 184 valence electrons. The number of ether oxygens (including phenoxy) is 3. The van der Waals surface area contributed by atoms with Crippen LogP contribution in [0.15, 0.2) is 65.3 Å². The highest BCUT2D eigenvalue weighted by Gasteiger charge is 2.36. The molecule has 2 amide bonds. The zero-order chi connectivity index (χ0) is 24.8. The Balaban J connectivity index is 1.83.